The van der Waals surface area contributed by atoms with Crippen molar-refractivity contribution < 1.29 is 4.79 Å². The first-order valence-electron chi connectivity index (χ1n) is 8.34. The Morgan fingerprint density at radius 3 is 2.81 bits per heavy atom. The van der Waals surface area contributed by atoms with Crippen molar-refractivity contribution in [3.63, 3.8) is 0 Å². The average Bonchev–Trinajstić information content (AvgIpc) is 2.47. The summed E-state index contributed by atoms with van der Waals surface area (Å²) in [6.07, 6.45) is 8.68. The van der Waals surface area contributed by atoms with Gasteiger partial charge in [-0.1, -0.05) is 30.3 Å². The first kappa shape index (κ1) is 14.6. The normalized spacial score (nSPS) is 23.5. The van der Waals surface area contributed by atoms with Crippen LogP contribution in [0.2, 0.25) is 0 Å². The molecule has 21 heavy (non-hydrogen) atoms. The summed E-state index contributed by atoms with van der Waals surface area (Å²) in [5.74, 6) is 0.229. The van der Waals surface area contributed by atoms with E-state index in [0.717, 1.165) is 32.2 Å². The Bertz CT molecular complexity index is 467. The molecule has 1 saturated carbocycles. The highest BCUT2D eigenvalue weighted by molar-refractivity contribution is 5.76. The molecule has 1 aliphatic carbocycles. The van der Waals surface area contributed by atoms with Gasteiger partial charge < -0.3 is 10.6 Å². The molecular formula is C18H26N2O. The van der Waals surface area contributed by atoms with Crippen molar-refractivity contribution in [1.29, 1.82) is 0 Å². The monoisotopic (exact) mass is 286 g/mol. The number of piperidine rings is 1. The van der Waals surface area contributed by atoms with E-state index in [0.29, 0.717) is 18.0 Å². The molecule has 3 rings (SSSR count). The van der Waals surface area contributed by atoms with E-state index in [-0.39, 0.29) is 5.91 Å². The summed E-state index contributed by atoms with van der Waals surface area (Å²) >= 11 is 0. The van der Waals surface area contributed by atoms with Gasteiger partial charge in [-0.3, -0.25) is 4.79 Å². The zero-order valence-electron chi connectivity index (χ0n) is 12.7. The highest BCUT2D eigenvalue weighted by Gasteiger charge is 2.41. The number of hydrogen-bond donors (Lipinski definition) is 2. The van der Waals surface area contributed by atoms with Crippen LogP contribution in [0.25, 0.3) is 0 Å². The Labute approximate surface area is 127 Å². The smallest absolute Gasteiger partial charge is 0.220 e. The van der Waals surface area contributed by atoms with Gasteiger partial charge in [-0.15, -0.1) is 0 Å². The molecule has 1 aromatic carbocycles. The van der Waals surface area contributed by atoms with E-state index < -0.39 is 0 Å². The lowest BCUT2D eigenvalue weighted by atomic mass is 9.70. The van der Waals surface area contributed by atoms with E-state index in [9.17, 15) is 4.79 Å². The predicted octanol–water partition coefficient (Wildman–Crippen LogP) is 2.80. The van der Waals surface area contributed by atoms with Gasteiger partial charge in [-0.05, 0) is 57.1 Å². The Kier molecular flexibility index (Phi) is 4.59. The number of hydrogen-bond acceptors (Lipinski definition) is 2. The average molecular weight is 286 g/mol. The van der Waals surface area contributed by atoms with Crippen LogP contribution in [0.5, 0.6) is 0 Å². The number of rotatable bonds is 5. The lowest BCUT2D eigenvalue weighted by Crippen LogP contribution is -2.59. The van der Waals surface area contributed by atoms with E-state index in [1.807, 2.05) is 6.07 Å². The number of carbonyl (C=O) groups is 1. The maximum absolute atomic E-state index is 12.1. The zero-order chi connectivity index (χ0) is 14.5. The van der Waals surface area contributed by atoms with Crippen LogP contribution >= 0.6 is 0 Å². The summed E-state index contributed by atoms with van der Waals surface area (Å²) < 4.78 is 0. The second-order valence-corrected chi connectivity index (χ2v) is 6.66. The molecule has 1 heterocycles. The van der Waals surface area contributed by atoms with Gasteiger partial charge in [0.2, 0.25) is 5.91 Å². The third-order valence-corrected chi connectivity index (χ3v) is 5.02. The number of carbonyl (C=O) groups excluding carboxylic acids is 1. The van der Waals surface area contributed by atoms with Crippen LogP contribution in [0, 0.1) is 0 Å². The Hall–Kier alpha value is -1.35. The largest absolute Gasteiger partial charge is 0.353 e. The predicted molar refractivity (Wildman–Crippen MR) is 85.1 cm³/mol. The van der Waals surface area contributed by atoms with Crippen LogP contribution in [0.3, 0.4) is 0 Å². The number of benzene rings is 1. The highest BCUT2D eigenvalue weighted by atomic mass is 16.1. The summed E-state index contributed by atoms with van der Waals surface area (Å²) in [5.41, 5.74) is 1.68. The fourth-order valence-electron chi connectivity index (χ4n) is 3.66. The lowest BCUT2D eigenvalue weighted by molar-refractivity contribution is -0.122. The van der Waals surface area contributed by atoms with Gasteiger partial charge in [0.25, 0.3) is 0 Å². The maximum Gasteiger partial charge on any atom is 0.220 e. The minimum atomic E-state index is 0.229. The SMILES string of the molecule is O=C(CCCc1ccccc1)NC1CCNC2(CCC2)C1. The van der Waals surface area contributed by atoms with Crippen molar-refractivity contribution in [3.05, 3.63) is 35.9 Å². The quantitative estimate of drug-likeness (QED) is 0.874. The molecule has 2 aliphatic rings. The first-order chi connectivity index (χ1) is 10.3. The molecule has 0 aromatic heterocycles. The minimum Gasteiger partial charge on any atom is -0.353 e. The van der Waals surface area contributed by atoms with Crippen molar-refractivity contribution in [3.8, 4) is 0 Å². The van der Waals surface area contributed by atoms with Gasteiger partial charge in [0.1, 0.15) is 0 Å². The van der Waals surface area contributed by atoms with Crippen LogP contribution in [-0.2, 0) is 11.2 Å². The number of amides is 1. The molecule has 3 heteroatoms. The second kappa shape index (κ2) is 6.61. The third kappa shape index (κ3) is 3.85. The molecule has 1 aliphatic heterocycles. The topological polar surface area (TPSA) is 41.1 Å². The summed E-state index contributed by atoms with van der Waals surface area (Å²) in [6, 6.07) is 10.8. The zero-order valence-corrected chi connectivity index (χ0v) is 12.7. The number of nitrogens with one attached hydrogen (secondary N) is 2. The third-order valence-electron chi connectivity index (χ3n) is 5.02. The van der Waals surface area contributed by atoms with Crippen LogP contribution in [-0.4, -0.2) is 24.0 Å². The summed E-state index contributed by atoms with van der Waals surface area (Å²) in [7, 11) is 0. The molecule has 1 atom stereocenters. The fourth-order valence-corrected chi connectivity index (χ4v) is 3.66. The van der Waals surface area contributed by atoms with E-state index in [1.165, 1.54) is 24.8 Å². The Balaban J connectivity index is 1.38. The first-order valence-corrected chi connectivity index (χ1v) is 8.34. The second-order valence-electron chi connectivity index (χ2n) is 6.66. The van der Waals surface area contributed by atoms with Gasteiger partial charge >= 0.3 is 0 Å². The molecule has 1 amide bonds. The summed E-state index contributed by atoms with van der Waals surface area (Å²) in [4.78, 5) is 12.1. The molecule has 1 unspecified atom stereocenters. The van der Waals surface area contributed by atoms with Crippen molar-refractivity contribution in [1.82, 2.24) is 10.6 Å². The van der Waals surface area contributed by atoms with Gasteiger partial charge in [-0.2, -0.15) is 0 Å². The molecule has 3 nitrogen and oxygen atoms in total. The van der Waals surface area contributed by atoms with E-state index >= 15 is 0 Å². The molecule has 0 radical (unpaired) electrons. The lowest BCUT2D eigenvalue weighted by Gasteiger charge is -2.48. The highest BCUT2D eigenvalue weighted by Crippen LogP contribution is 2.38. The molecule has 114 valence electrons. The van der Waals surface area contributed by atoms with Crippen molar-refractivity contribution in [2.75, 3.05) is 6.54 Å². The minimum absolute atomic E-state index is 0.229. The van der Waals surface area contributed by atoms with E-state index in [4.69, 9.17) is 0 Å². The molecule has 2 fully saturated rings. The number of aryl methyl sites for hydroxylation is 1. The van der Waals surface area contributed by atoms with Gasteiger partial charge in [-0.25, -0.2) is 0 Å². The van der Waals surface area contributed by atoms with Crippen molar-refractivity contribution >= 4 is 5.91 Å². The van der Waals surface area contributed by atoms with E-state index in [1.54, 1.807) is 0 Å². The molecule has 2 N–H and O–H groups in total. The molecule has 1 aromatic rings. The molecular weight excluding hydrogens is 260 g/mol. The van der Waals surface area contributed by atoms with Crippen molar-refractivity contribution in [2.45, 2.75) is 62.9 Å². The maximum atomic E-state index is 12.1. The molecule has 1 spiro atoms. The van der Waals surface area contributed by atoms with Crippen LogP contribution in [0.15, 0.2) is 30.3 Å². The Morgan fingerprint density at radius 1 is 1.29 bits per heavy atom. The van der Waals surface area contributed by atoms with Crippen LogP contribution in [0.1, 0.15) is 50.5 Å². The molecule has 1 saturated heterocycles. The Morgan fingerprint density at radius 2 is 2.10 bits per heavy atom. The molecule has 0 bridgehead atoms. The van der Waals surface area contributed by atoms with Gasteiger partial charge in [0, 0.05) is 18.0 Å². The van der Waals surface area contributed by atoms with E-state index in [2.05, 4.69) is 34.9 Å². The fraction of sp³-hybridized carbons (Fsp3) is 0.611. The summed E-state index contributed by atoms with van der Waals surface area (Å²) in [5, 5.41) is 6.90. The standard InChI is InChI=1S/C18H26N2O/c21-17(9-4-8-15-6-2-1-3-7-15)20-16-10-13-19-18(14-16)11-5-12-18/h1-3,6-7,16,19H,4-5,8-14H2,(H,20,21). The van der Waals surface area contributed by atoms with Gasteiger partial charge in [0.05, 0.1) is 0 Å². The van der Waals surface area contributed by atoms with Crippen LogP contribution in [0.4, 0.5) is 0 Å². The van der Waals surface area contributed by atoms with Crippen molar-refractivity contribution in [2.24, 2.45) is 0 Å². The van der Waals surface area contributed by atoms with Crippen LogP contribution < -0.4 is 10.6 Å². The summed E-state index contributed by atoms with van der Waals surface area (Å²) in [6.45, 7) is 1.05. The van der Waals surface area contributed by atoms with Gasteiger partial charge in [0.15, 0.2) is 0 Å².